The van der Waals surface area contributed by atoms with Crippen molar-refractivity contribution in [2.45, 2.75) is 25.0 Å². The fourth-order valence-corrected chi connectivity index (χ4v) is 3.98. The quantitative estimate of drug-likeness (QED) is 0.405. The molecule has 0 aromatic carbocycles. The highest BCUT2D eigenvalue weighted by Gasteiger charge is 2.23. The van der Waals surface area contributed by atoms with Crippen molar-refractivity contribution in [1.82, 2.24) is 15.3 Å². The van der Waals surface area contributed by atoms with Gasteiger partial charge in [0.05, 0.1) is 30.5 Å². The summed E-state index contributed by atoms with van der Waals surface area (Å²) in [4.78, 5) is 19.8. The monoisotopic (exact) mass is 439 g/mol. The number of aromatic nitrogens is 2. The topological polar surface area (TPSA) is 165 Å². The van der Waals surface area contributed by atoms with Crippen LogP contribution in [0.1, 0.15) is 22.5 Å². The minimum absolute atomic E-state index is 0.0181. The Bertz CT molecular complexity index is 958. The van der Waals surface area contributed by atoms with Gasteiger partial charge in [0.25, 0.3) is 5.91 Å². The summed E-state index contributed by atoms with van der Waals surface area (Å²) in [5.74, 6) is -1.14. The van der Waals surface area contributed by atoms with Crippen LogP contribution in [0.4, 0.5) is 5.13 Å². The minimum atomic E-state index is -3.50. The number of nitrogens with one attached hydrogen (secondary N) is 2. The number of thiazole rings is 1. The highest BCUT2D eigenvalue weighted by molar-refractivity contribution is 7.92. The fraction of sp³-hybridized carbons (Fsp3) is 0.412. The highest BCUT2D eigenvalue weighted by Crippen LogP contribution is 2.17. The standard InChI is InChI=1S/C17H21N5O5S2/c1-29(26,27)22-17-21-13(10-28-17)16(25)20-9-15(24)14(23)7-12(8-18)6-11-2-4-19-5-3-11/h2-5,10,12,14-15,23-24H,6-7,9H2,1H3,(H,20,25)(H,21,22). The van der Waals surface area contributed by atoms with E-state index < -0.39 is 34.1 Å². The number of amides is 1. The molecule has 0 aliphatic carbocycles. The molecule has 2 aromatic heterocycles. The lowest BCUT2D eigenvalue weighted by Crippen LogP contribution is -2.40. The van der Waals surface area contributed by atoms with E-state index in [0.717, 1.165) is 23.2 Å². The van der Waals surface area contributed by atoms with Crippen molar-refractivity contribution >= 4 is 32.4 Å². The molecule has 12 heteroatoms. The van der Waals surface area contributed by atoms with Gasteiger partial charge in [0.15, 0.2) is 5.13 Å². The van der Waals surface area contributed by atoms with Gasteiger partial charge in [-0.1, -0.05) is 0 Å². The van der Waals surface area contributed by atoms with E-state index in [1.807, 2.05) is 0 Å². The third kappa shape index (κ3) is 7.74. The molecule has 0 saturated heterocycles. The molecule has 0 saturated carbocycles. The van der Waals surface area contributed by atoms with Crippen LogP contribution in [-0.4, -0.2) is 59.5 Å². The lowest BCUT2D eigenvalue weighted by molar-refractivity contribution is 0.00986. The van der Waals surface area contributed by atoms with Gasteiger partial charge in [0, 0.05) is 24.3 Å². The van der Waals surface area contributed by atoms with Crippen LogP contribution in [0, 0.1) is 17.2 Å². The van der Waals surface area contributed by atoms with E-state index in [9.17, 15) is 28.7 Å². The van der Waals surface area contributed by atoms with Crippen molar-refractivity contribution in [3.63, 3.8) is 0 Å². The molecular formula is C17H21N5O5S2. The van der Waals surface area contributed by atoms with Crippen LogP contribution in [0.15, 0.2) is 29.9 Å². The van der Waals surface area contributed by atoms with Gasteiger partial charge in [-0.05, 0) is 30.5 Å². The van der Waals surface area contributed by atoms with Crippen LogP contribution in [-0.2, 0) is 16.4 Å². The lowest BCUT2D eigenvalue weighted by atomic mass is 9.93. The molecule has 0 bridgehead atoms. The van der Waals surface area contributed by atoms with Gasteiger partial charge in [-0.2, -0.15) is 5.26 Å². The van der Waals surface area contributed by atoms with E-state index in [1.165, 1.54) is 5.38 Å². The van der Waals surface area contributed by atoms with E-state index in [2.05, 4.69) is 26.1 Å². The molecule has 2 aromatic rings. The van der Waals surface area contributed by atoms with Crippen molar-refractivity contribution in [3.8, 4) is 6.07 Å². The fourth-order valence-electron chi connectivity index (χ4n) is 2.44. The maximum atomic E-state index is 12.1. The highest BCUT2D eigenvalue weighted by atomic mass is 32.2. The van der Waals surface area contributed by atoms with Gasteiger partial charge in [-0.25, -0.2) is 13.4 Å². The molecule has 156 valence electrons. The Hall–Kier alpha value is -2.59. The molecule has 0 aliphatic rings. The molecule has 0 aliphatic heterocycles. The predicted molar refractivity (Wildman–Crippen MR) is 107 cm³/mol. The number of rotatable bonds is 10. The normalized spacial score (nSPS) is 14.4. The van der Waals surface area contributed by atoms with Gasteiger partial charge in [-0.15, -0.1) is 11.3 Å². The molecule has 3 unspecified atom stereocenters. The number of anilines is 1. The van der Waals surface area contributed by atoms with Crippen LogP contribution < -0.4 is 10.0 Å². The average molecular weight is 440 g/mol. The number of pyridine rings is 1. The molecular weight excluding hydrogens is 418 g/mol. The van der Waals surface area contributed by atoms with Crippen LogP contribution in [0.25, 0.3) is 0 Å². The number of aliphatic hydroxyl groups excluding tert-OH is 2. The van der Waals surface area contributed by atoms with Gasteiger partial charge in [0.1, 0.15) is 5.69 Å². The van der Waals surface area contributed by atoms with Gasteiger partial charge < -0.3 is 15.5 Å². The summed E-state index contributed by atoms with van der Waals surface area (Å²) in [5.41, 5.74) is 0.874. The number of carbonyl (C=O) groups excluding carboxylic acids is 1. The van der Waals surface area contributed by atoms with Gasteiger partial charge in [0.2, 0.25) is 10.0 Å². The summed E-state index contributed by atoms with van der Waals surface area (Å²) < 4.78 is 24.5. The third-order valence-electron chi connectivity index (χ3n) is 3.87. The number of nitrogens with zero attached hydrogens (tertiary/aromatic N) is 3. The zero-order valence-electron chi connectivity index (χ0n) is 15.5. The molecule has 3 atom stereocenters. The van der Waals surface area contributed by atoms with Crippen molar-refractivity contribution in [2.75, 3.05) is 17.5 Å². The smallest absolute Gasteiger partial charge is 0.270 e. The Kier molecular flexibility index (Phi) is 8.03. The summed E-state index contributed by atoms with van der Waals surface area (Å²) in [5, 5.41) is 33.4. The molecule has 29 heavy (non-hydrogen) atoms. The van der Waals surface area contributed by atoms with Crippen molar-refractivity contribution in [3.05, 3.63) is 41.2 Å². The van der Waals surface area contributed by atoms with E-state index in [-0.39, 0.29) is 23.8 Å². The molecule has 10 nitrogen and oxygen atoms in total. The van der Waals surface area contributed by atoms with Crippen molar-refractivity contribution in [2.24, 2.45) is 5.92 Å². The van der Waals surface area contributed by atoms with Gasteiger partial charge in [-0.3, -0.25) is 14.5 Å². The Balaban J connectivity index is 1.83. The minimum Gasteiger partial charge on any atom is -0.390 e. The first-order chi connectivity index (χ1) is 13.7. The zero-order chi connectivity index (χ0) is 21.4. The number of hydrogen-bond donors (Lipinski definition) is 4. The van der Waals surface area contributed by atoms with Crippen molar-refractivity contribution in [1.29, 1.82) is 5.26 Å². The first kappa shape index (κ1) is 22.7. The SMILES string of the molecule is CS(=O)(=O)Nc1nc(C(=O)NCC(O)C(O)CC(C#N)Cc2ccncc2)cs1. The number of carbonyl (C=O) groups is 1. The number of aliphatic hydroxyl groups is 2. The number of sulfonamides is 1. The van der Waals surface area contributed by atoms with Crippen LogP contribution in [0.5, 0.6) is 0 Å². The Labute approximate surface area is 172 Å². The average Bonchev–Trinajstić information content (AvgIpc) is 3.12. The van der Waals surface area contributed by atoms with Crippen LogP contribution in [0.2, 0.25) is 0 Å². The largest absolute Gasteiger partial charge is 0.390 e. The maximum Gasteiger partial charge on any atom is 0.270 e. The summed E-state index contributed by atoms with van der Waals surface area (Å²) >= 11 is 0.943. The lowest BCUT2D eigenvalue weighted by Gasteiger charge is -2.20. The van der Waals surface area contributed by atoms with Crippen LogP contribution in [0.3, 0.4) is 0 Å². The molecule has 2 rings (SSSR count). The van der Waals surface area contributed by atoms with Crippen LogP contribution >= 0.6 is 11.3 Å². The summed E-state index contributed by atoms with van der Waals surface area (Å²) in [7, 11) is -3.50. The first-order valence-corrected chi connectivity index (χ1v) is 11.3. The number of hydrogen-bond acceptors (Lipinski definition) is 9. The van der Waals surface area contributed by atoms with E-state index in [4.69, 9.17) is 0 Å². The van der Waals surface area contributed by atoms with E-state index in [1.54, 1.807) is 24.5 Å². The third-order valence-corrected chi connectivity index (χ3v) is 5.32. The predicted octanol–water partition coefficient (Wildman–Crippen LogP) is 0.134. The summed E-state index contributed by atoms with van der Waals surface area (Å²) in [6, 6.07) is 5.65. The van der Waals surface area contributed by atoms with E-state index in [0.29, 0.717) is 6.42 Å². The summed E-state index contributed by atoms with van der Waals surface area (Å²) in [6.07, 6.45) is 2.15. The summed E-state index contributed by atoms with van der Waals surface area (Å²) in [6.45, 7) is -0.250. The van der Waals surface area contributed by atoms with Crippen molar-refractivity contribution < 1.29 is 23.4 Å². The molecule has 2 heterocycles. The molecule has 0 radical (unpaired) electrons. The Morgan fingerprint density at radius 2 is 2.00 bits per heavy atom. The molecule has 1 amide bonds. The Morgan fingerprint density at radius 1 is 1.31 bits per heavy atom. The maximum absolute atomic E-state index is 12.1. The number of nitriles is 1. The zero-order valence-corrected chi connectivity index (χ0v) is 17.2. The molecule has 4 N–H and O–H groups in total. The molecule has 0 spiro atoms. The second-order valence-electron chi connectivity index (χ2n) is 6.38. The Morgan fingerprint density at radius 3 is 2.62 bits per heavy atom. The van der Waals surface area contributed by atoms with E-state index >= 15 is 0 Å². The first-order valence-electron chi connectivity index (χ1n) is 8.54. The molecule has 0 fully saturated rings. The van der Waals surface area contributed by atoms with Gasteiger partial charge >= 0.3 is 0 Å². The second kappa shape index (κ2) is 10.3. The second-order valence-corrected chi connectivity index (χ2v) is 8.98.